The van der Waals surface area contributed by atoms with Crippen LogP contribution >= 0.6 is 0 Å². The number of halogens is 2. The number of nitrogens with one attached hydrogen (secondary N) is 1. The maximum absolute atomic E-state index is 13.8. The summed E-state index contributed by atoms with van der Waals surface area (Å²) in [6.45, 7) is 0.827. The molecule has 0 aromatic heterocycles. The van der Waals surface area contributed by atoms with Crippen LogP contribution in [0.3, 0.4) is 0 Å². The molecule has 1 aliphatic rings. The van der Waals surface area contributed by atoms with Crippen molar-refractivity contribution in [2.24, 2.45) is 0 Å². The Balaban J connectivity index is 1.64. The van der Waals surface area contributed by atoms with Crippen molar-refractivity contribution in [3.63, 3.8) is 0 Å². The van der Waals surface area contributed by atoms with Crippen LogP contribution in [0.1, 0.15) is 33.6 Å². The molecule has 0 radical (unpaired) electrons. The van der Waals surface area contributed by atoms with Gasteiger partial charge in [-0.05, 0) is 37.1 Å². The van der Waals surface area contributed by atoms with Gasteiger partial charge in [0.05, 0.1) is 19.8 Å². The minimum Gasteiger partial charge on any atom is -0.496 e. The Morgan fingerprint density at radius 3 is 2.21 bits per heavy atom. The largest absolute Gasteiger partial charge is 0.496 e. The molecule has 0 aliphatic carbocycles. The summed E-state index contributed by atoms with van der Waals surface area (Å²) in [6, 6.07) is 7.75. The van der Waals surface area contributed by atoms with Crippen molar-refractivity contribution in [2.45, 2.75) is 18.9 Å². The molecule has 0 atom stereocenters. The second-order valence-corrected chi connectivity index (χ2v) is 6.70. The third-order valence-corrected chi connectivity index (χ3v) is 4.93. The second kappa shape index (κ2) is 8.89. The standard InChI is InChI=1S/C21H22F2N2O4/c1-28-17-4-3-5-18(29-2)19(17)21(27)25-10-8-14(9-11-25)24-20(26)15-7-6-13(22)12-16(15)23/h3-7,12,14H,8-11H2,1-2H3,(H,24,26). The molecule has 2 amide bonds. The number of rotatable bonds is 5. The van der Waals surface area contributed by atoms with Gasteiger partial charge in [0.2, 0.25) is 0 Å². The molecule has 0 bridgehead atoms. The molecule has 8 heteroatoms. The van der Waals surface area contributed by atoms with Gasteiger partial charge in [-0.3, -0.25) is 9.59 Å². The Hall–Kier alpha value is -3.16. The molecule has 0 saturated carbocycles. The molecule has 1 saturated heterocycles. The lowest BCUT2D eigenvalue weighted by molar-refractivity contribution is 0.0691. The van der Waals surface area contributed by atoms with Crippen LogP contribution in [-0.2, 0) is 0 Å². The number of amides is 2. The van der Waals surface area contributed by atoms with Crippen molar-refractivity contribution >= 4 is 11.8 Å². The van der Waals surface area contributed by atoms with Crippen molar-refractivity contribution in [3.05, 3.63) is 59.2 Å². The van der Waals surface area contributed by atoms with Gasteiger partial charge in [-0.15, -0.1) is 0 Å². The van der Waals surface area contributed by atoms with Crippen LogP contribution in [0.2, 0.25) is 0 Å². The summed E-state index contributed by atoms with van der Waals surface area (Å²) in [4.78, 5) is 26.9. The molecule has 0 spiro atoms. The highest BCUT2D eigenvalue weighted by Gasteiger charge is 2.29. The van der Waals surface area contributed by atoms with Crippen molar-refractivity contribution < 1.29 is 27.8 Å². The summed E-state index contributed by atoms with van der Waals surface area (Å²) >= 11 is 0. The van der Waals surface area contributed by atoms with E-state index in [0.29, 0.717) is 49.1 Å². The molecule has 0 unspecified atom stereocenters. The van der Waals surface area contributed by atoms with Crippen molar-refractivity contribution in [3.8, 4) is 11.5 Å². The minimum atomic E-state index is -0.904. The topological polar surface area (TPSA) is 67.9 Å². The average molecular weight is 404 g/mol. The minimum absolute atomic E-state index is 0.205. The molecule has 1 N–H and O–H groups in total. The number of hydrogen-bond donors (Lipinski definition) is 1. The van der Waals surface area contributed by atoms with Gasteiger partial charge in [-0.25, -0.2) is 8.78 Å². The van der Waals surface area contributed by atoms with Gasteiger partial charge in [-0.2, -0.15) is 0 Å². The van der Waals surface area contributed by atoms with Gasteiger partial charge < -0.3 is 19.7 Å². The van der Waals surface area contributed by atoms with Crippen molar-refractivity contribution in [1.29, 1.82) is 0 Å². The first-order chi connectivity index (χ1) is 13.9. The molecule has 1 aliphatic heterocycles. The van der Waals surface area contributed by atoms with Gasteiger partial charge in [0, 0.05) is 25.2 Å². The van der Waals surface area contributed by atoms with Crippen molar-refractivity contribution in [2.75, 3.05) is 27.3 Å². The summed E-state index contributed by atoms with van der Waals surface area (Å²) in [5, 5.41) is 2.75. The summed E-state index contributed by atoms with van der Waals surface area (Å²) in [5.41, 5.74) is 0.150. The van der Waals surface area contributed by atoms with Gasteiger partial charge >= 0.3 is 0 Å². The third-order valence-electron chi connectivity index (χ3n) is 4.93. The normalized spacial score (nSPS) is 14.4. The summed E-state index contributed by atoms with van der Waals surface area (Å²) in [6.07, 6.45) is 1.02. The Kier molecular flexibility index (Phi) is 6.31. The fourth-order valence-corrected chi connectivity index (χ4v) is 3.38. The average Bonchev–Trinajstić information content (AvgIpc) is 2.73. The van der Waals surface area contributed by atoms with Crippen LogP contribution in [0, 0.1) is 11.6 Å². The molecule has 1 heterocycles. The predicted octanol–water partition coefficient (Wildman–Crippen LogP) is 3.02. The lowest BCUT2D eigenvalue weighted by atomic mass is 10.0. The Labute approximate surface area is 167 Å². The molecule has 3 rings (SSSR count). The zero-order valence-electron chi connectivity index (χ0n) is 16.2. The summed E-state index contributed by atoms with van der Waals surface area (Å²) < 4.78 is 37.4. The fourth-order valence-electron chi connectivity index (χ4n) is 3.38. The van der Waals surface area contributed by atoms with E-state index in [0.717, 1.165) is 12.1 Å². The molecule has 2 aromatic rings. The molecular formula is C21H22F2N2O4. The van der Waals surface area contributed by atoms with Gasteiger partial charge in [0.25, 0.3) is 11.8 Å². The van der Waals surface area contributed by atoms with Crippen LogP contribution in [0.15, 0.2) is 36.4 Å². The zero-order chi connectivity index (χ0) is 21.0. The van der Waals surface area contributed by atoms with Crippen LogP contribution in [0.4, 0.5) is 8.78 Å². The van der Waals surface area contributed by atoms with Crippen LogP contribution in [0.25, 0.3) is 0 Å². The van der Waals surface area contributed by atoms with Gasteiger partial charge in [-0.1, -0.05) is 6.07 Å². The molecule has 1 fully saturated rings. The van der Waals surface area contributed by atoms with E-state index in [-0.39, 0.29) is 17.5 Å². The lowest BCUT2D eigenvalue weighted by Crippen LogP contribution is -2.46. The SMILES string of the molecule is COc1cccc(OC)c1C(=O)N1CCC(NC(=O)c2ccc(F)cc2F)CC1. The number of carbonyl (C=O) groups excluding carboxylic acids is 2. The van der Waals surface area contributed by atoms with E-state index in [2.05, 4.69) is 5.32 Å². The summed E-state index contributed by atoms with van der Waals surface area (Å²) in [7, 11) is 2.98. The number of nitrogens with zero attached hydrogens (tertiary/aromatic N) is 1. The van der Waals surface area contributed by atoms with E-state index >= 15 is 0 Å². The molecule has 29 heavy (non-hydrogen) atoms. The van der Waals surface area contributed by atoms with Crippen LogP contribution in [0.5, 0.6) is 11.5 Å². The predicted molar refractivity (Wildman–Crippen MR) is 102 cm³/mol. The first-order valence-electron chi connectivity index (χ1n) is 9.20. The summed E-state index contributed by atoms with van der Waals surface area (Å²) in [5.74, 6) is -1.60. The highest BCUT2D eigenvalue weighted by molar-refractivity contribution is 6.00. The molecule has 2 aromatic carbocycles. The lowest BCUT2D eigenvalue weighted by Gasteiger charge is -2.33. The number of likely N-dealkylation sites (tertiary alicyclic amines) is 1. The van der Waals surface area contributed by atoms with Gasteiger partial charge in [0.15, 0.2) is 0 Å². The van der Waals surface area contributed by atoms with Crippen LogP contribution < -0.4 is 14.8 Å². The Bertz CT molecular complexity index is 889. The fraction of sp³-hybridized carbons (Fsp3) is 0.333. The number of piperidine rings is 1. The maximum atomic E-state index is 13.8. The first kappa shape index (κ1) is 20.6. The highest BCUT2D eigenvalue weighted by Crippen LogP contribution is 2.30. The monoisotopic (exact) mass is 404 g/mol. The maximum Gasteiger partial charge on any atom is 0.261 e. The van der Waals surface area contributed by atoms with Crippen LogP contribution in [-0.4, -0.2) is 50.1 Å². The molecular weight excluding hydrogens is 382 g/mol. The van der Waals surface area contributed by atoms with Crippen molar-refractivity contribution in [1.82, 2.24) is 10.2 Å². The molecule has 6 nitrogen and oxygen atoms in total. The van der Waals surface area contributed by atoms with E-state index in [1.807, 2.05) is 0 Å². The second-order valence-electron chi connectivity index (χ2n) is 6.70. The smallest absolute Gasteiger partial charge is 0.261 e. The van der Waals surface area contributed by atoms with E-state index < -0.39 is 17.5 Å². The van der Waals surface area contributed by atoms with E-state index in [4.69, 9.17) is 9.47 Å². The number of methoxy groups -OCH3 is 2. The highest BCUT2D eigenvalue weighted by atomic mass is 19.1. The third kappa shape index (κ3) is 4.47. The first-order valence-corrected chi connectivity index (χ1v) is 9.20. The number of benzene rings is 2. The Morgan fingerprint density at radius 2 is 1.66 bits per heavy atom. The number of ether oxygens (including phenoxy) is 2. The quantitative estimate of drug-likeness (QED) is 0.832. The zero-order valence-corrected chi connectivity index (χ0v) is 16.2. The van der Waals surface area contributed by atoms with E-state index in [1.54, 1.807) is 23.1 Å². The van der Waals surface area contributed by atoms with E-state index in [9.17, 15) is 18.4 Å². The van der Waals surface area contributed by atoms with E-state index in [1.165, 1.54) is 14.2 Å². The molecule has 154 valence electrons. The number of carbonyl (C=O) groups is 2. The Morgan fingerprint density at radius 1 is 1.03 bits per heavy atom. The van der Waals surface area contributed by atoms with Gasteiger partial charge in [0.1, 0.15) is 28.7 Å². The number of hydrogen-bond acceptors (Lipinski definition) is 4.